The standard InChI is InChI=1S/C32H35N3O8/c1-37-24-13-19(14-25(38-2)30(24)41-5)28-29(20-15-26(39-3)31(42-6)27(16-20)40-4)35-23-12-18(9-10-22(23)34-28)32(36)33-17-21-8-7-11-43-21/h9-10,12-16,21H,7-8,11,17H2,1-6H3,(H,33,36). The number of nitrogens with zero attached hydrogens (tertiary/aromatic N) is 2. The first-order valence-corrected chi connectivity index (χ1v) is 13.8. The largest absolute Gasteiger partial charge is 0.493 e. The molecule has 1 unspecified atom stereocenters. The molecule has 1 saturated heterocycles. The Hall–Kier alpha value is -4.77. The molecule has 0 saturated carbocycles. The molecule has 0 spiro atoms. The predicted molar refractivity (Wildman–Crippen MR) is 161 cm³/mol. The molecule has 1 N–H and O–H groups in total. The van der Waals surface area contributed by atoms with E-state index in [0.29, 0.717) is 80.2 Å². The lowest BCUT2D eigenvalue weighted by Gasteiger charge is -2.18. The van der Waals surface area contributed by atoms with Gasteiger partial charge in [0, 0.05) is 29.8 Å². The summed E-state index contributed by atoms with van der Waals surface area (Å²) in [5.41, 5.74) is 3.97. The van der Waals surface area contributed by atoms with Gasteiger partial charge in [-0.05, 0) is 55.3 Å². The summed E-state index contributed by atoms with van der Waals surface area (Å²) in [4.78, 5) is 23.1. The van der Waals surface area contributed by atoms with Crippen LogP contribution in [0.4, 0.5) is 0 Å². The van der Waals surface area contributed by atoms with Gasteiger partial charge in [0.1, 0.15) is 0 Å². The number of nitrogens with one attached hydrogen (secondary N) is 1. The summed E-state index contributed by atoms with van der Waals surface area (Å²) in [7, 11) is 9.30. The van der Waals surface area contributed by atoms with Crippen LogP contribution in [0, 0.1) is 0 Å². The van der Waals surface area contributed by atoms with Gasteiger partial charge in [-0.2, -0.15) is 0 Å². The van der Waals surface area contributed by atoms with E-state index in [4.69, 9.17) is 43.1 Å². The number of benzene rings is 3. The predicted octanol–water partition coefficient (Wildman–Crippen LogP) is 4.92. The van der Waals surface area contributed by atoms with Crippen LogP contribution >= 0.6 is 0 Å². The average Bonchev–Trinajstić information content (AvgIpc) is 3.58. The van der Waals surface area contributed by atoms with Crippen molar-refractivity contribution in [2.75, 3.05) is 55.8 Å². The Kier molecular flexibility index (Phi) is 9.01. The van der Waals surface area contributed by atoms with Crippen LogP contribution in [0.1, 0.15) is 23.2 Å². The Labute approximate surface area is 250 Å². The van der Waals surface area contributed by atoms with E-state index in [2.05, 4.69) is 5.32 Å². The molecule has 4 aromatic rings. The first-order chi connectivity index (χ1) is 20.9. The van der Waals surface area contributed by atoms with E-state index in [0.717, 1.165) is 19.4 Å². The summed E-state index contributed by atoms with van der Waals surface area (Å²) < 4.78 is 39.2. The van der Waals surface area contributed by atoms with Gasteiger partial charge < -0.3 is 38.5 Å². The van der Waals surface area contributed by atoms with E-state index >= 15 is 0 Å². The second-order valence-corrected chi connectivity index (χ2v) is 9.80. The minimum absolute atomic E-state index is 0.0388. The molecule has 3 aromatic carbocycles. The smallest absolute Gasteiger partial charge is 0.251 e. The minimum Gasteiger partial charge on any atom is -0.493 e. The van der Waals surface area contributed by atoms with Gasteiger partial charge in [-0.25, -0.2) is 9.97 Å². The third-order valence-electron chi connectivity index (χ3n) is 7.32. The van der Waals surface area contributed by atoms with Gasteiger partial charge in [-0.15, -0.1) is 0 Å². The summed E-state index contributed by atoms with van der Waals surface area (Å²) in [6.45, 7) is 1.18. The zero-order valence-corrected chi connectivity index (χ0v) is 25.1. The molecule has 1 fully saturated rings. The van der Waals surface area contributed by atoms with Gasteiger partial charge in [0.05, 0.1) is 71.2 Å². The van der Waals surface area contributed by atoms with Crippen LogP contribution in [0.15, 0.2) is 42.5 Å². The number of carbonyl (C=O) groups excluding carboxylic acids is 1. The zero-order valence-electron chi connectivity index (χ0n) is 25.1. The summed E-state index contributed by atoms with van der Waals surface area (Å²) in [6.07, 6.45) is 1.98. The number of rotatable bonds is 11. The van der Waals surface area contributed by atoms with Crippen molar-refractivity contribution in [3.05, 3.63) is 48.0 Å². The molecule has 11 nitrogen and oxygen atoms in total. The average molecular weight is 590 g/mol. The molecule has 43 heavy (non-hydrogen) atoms. The number of hydrogen-bond donors (Lipinski definition) is 1. The fourth-order valence-corrected chi connectivity index (χ4v) is 5.15. The van der Waals surface area contributed by atoms with E-state index in [1.165, 1.54) is 0 Å². The number of hydrogen-bond acceptors (Lipinski definition) is 10. The number of amides is 1. The highest BCUT2D eigenvalue weighted by Gasteiger charge is 2.23. The Morgan fingerprint density at radius 2 is 1.26 bits per heavy atom. The first kappa shape index (κ1) is 29.7. The molecule has 2 heterocycles. The van der Waals surface area contributed by atoms with Gasteiger partial charge in [-0.1, -0.05) is 0 Å². The highest BCUT2D eigenvalue weighted by atomic mass is 16.5. The van der Waals surface area contributed by atoms with E-state index in [9.17, 15) is 4.79 Å². The second kappa shape index (κ2) is 13.0. The lowest BCUT2D eigenvalue weighted by atomic mass is 10.0. The third kappa shape index (κ3) is 5.94. The van der Waals surface area contributed by atoms with Crippen molar-refractivity contribution < 1.29 is 38.0 Å². The van der Waals surface area contributed by atoms with Crippen LogP contribution in [0.25, 0.3) is 33.5 Å². The van der Waals surface area contributed by atoms with Crippen molar-refractivity contribution in [1.29, 1.82) is 0 Å². The SMILES string of the molecule is COc1cc(-c2nc3ccc(C(=O)NCC4CCCO4)cc3nc2-c2cc(OC)c(OC)c(OC)c2)cc(OC)c1OC. The monoisotopic (exact) mass is 589 g/mol. The summed E-state index contributed by atoms with van der Waals surface area (Å²) in [5.74, 6) is 2.54. The Balaban J connectivity index is 1.69. The minimum atomic E-state index is -0.206. The van der Waals surface area contributed by atoms with Crippen LogP contribution in [-0.4, -0.2) is 77.8 Å². The molecule has 0 bridgehead atoms. The molecule has 226 valence electrons. The highest BCUT2D eigenvalue weighted by Crippen LogP contribution is 2.45. The number of ether oxygens (including phenoxy) is 7. The Bertz CT molecular complexity index is 1580. The molecule has 1 aromatic heterocycles. The van der Waals surface area contributed by atoms with E-state index < -0.39 is 0 Å². The lowest BCUT2D eigenvalue weighted by Crippen LogP contribution is -2.31. The van der Waals surface area contributed by atoms with Crippen molar-refractivity contribution in [2.24, 2.45) is 0 Å². The maximum absolute atomic E-state index is 13.0. The fraction of sp³-hybridized carbons (Fsp3) is 0.344. The molecule has 1 atom stereocenters. The second-order valence-electron chi connectivity index (χ2n) is 9.80. The molecular formula is C32H35N3O8. The number of methoxy groups -OCH3 is 6. The normalized spacial score (nSPS) is 14.3. The maximum atomic E-state index is 13.0. The van der Waals surface area contributed by atoms with E-state index in [-0.39, 0.29) is 12.0 Å². The number of fused-ring (bicyclic) bond motifs is 1. The van der Waals surface area contributed by atoms with Gasteiger partial charge in [0.2, 0.25) is 11.5 Å². The molecule has 0 radical (unpaired) electrons. The summed E-state index contributed by atoms with van der Waals surface area (Å²) in [5, 5.41) is 2.97. The molecule has 5 rings (SSSR count). The van der Waals surface area contributed by atoms with Crippen molar-refractivity contribution in [3.8, 4) is 57.0 Å². The van der Waals surface area contributed by atoms with Crippen LogP contribution in [-0.2, 0) is 4.74 Å². The third-order valence-corrected chi connectivity index (χ3v) is 7.32. The number of aromatic nitrogens is 2. The topological polar surface area (TPSA) is 119 Å². The molecule has 1 aliphatic rings. The van der Waals surface area contributed by atoms with Gasteiger partial charge in [0.25, 0.3) is 5.91 Å². The van der Waals surface area contributed by atoms with Crippen molar-refractivity contribution in [3.63, 3.8) is 0 Å². The summed E-state index contributed by atoms with van der Waals surface area (Å²) in [6, 6.07) is 12.5. The van der Waals surface area contributed by atoms with Gasteiger partial charge >= 0.3 is 0 Å². The number of carbonyl (C=O) groups is 1. The molecule has 11 heteroatoms. The molecule has 0 aliphatic carbocycles. The summed E-state index contributed by atoms with van der Waals surface area (Å²) >= 11 is 0. The van der Waals surface area contributed by atoms with Crippen molar-refractivity contribution in [1.82, 2.24) is 15.3 Å². The Morgan fingerprint density at radius 1 is 0.744 bits per heavy atom. The van der Waals surface area contributed by atoms with Crippen molar-refractivity contribution >= 4 is 16.9 Å². The van der Waals surface area contributed by atoms with Crippen LogP contribution in [0.3, 0.4) is 0 Å². The zero-order chi connectivity index (χ0) is 30.5. The molecule has 1 amide bonds. The fourth-order valence-electron chi connectivity index (χ4n) is 5.15. The first-order valence-electron chi connectivity index (χ1n) is 13.8. The highest BCUT2D eigenvalue weighted by molar-refractivity contribution is 5.98. The van der Waals surface area contributed by atoms with Crippen molar-refractivity contribution in [2.45, 2.75) is 18.9 Å². The lowest BCUT2D eigenvalue weighted by molar-refractivity contribution is 0.0858. The quantitative estimate of drug-likeness (QED) is 0.258. The van der Waals surface area contributed by atoms with Crippen LogP contribution < -0.4 is 33.7 Å². The molecule has 1 aliphatic heterocycles. The van der Waals surface area contributed by atoms with E-state index in [1.54, 1.807) is 73.0 Å². The Morgan fingerprint density at radius 3 is 1.70 bits per heavy atom. The van der Waals surface area contributed by atoms with Gasteiger partial charge in [0.15, 0.2) is 23.0 Å². The molecular weight excluding hydrogens is 554 g/mol. The maximum Gasteiger partial charge on any atom is 0.251 e. The van der Waals surface area contributed by atoms with Crippen LogP contribution in [0.2, 0.25) is 0 Å². The van der Waals surface area contributed by atoms with E-state index in [1.807, 2.05) is 12.1 Å². The van der Waals surface area contributed by atoms with Crippen LogP contribution in [0.5, 0.6) is 34.5 Å². The van der Waals surface area contributed by atoms with Gasteiger partial charge in [-0.3, -0.25) is 4.79 Å².